The van der Waals surface area contributed by atoms with Gasteiger partial charge in [0, 0.05) is 0 Å². The van der Waals surface area contributed by atoms with E-state index in [4.69, 9.17) is 5.11 Å². The zero-order valence-electron chi connectivity index (χ0n) is 6.64. The standard InChI is InChI=1S/C7H3N3O4/c11-5-4-2(9-7(14)10-5)1-3(8-4)6(12)13/h1H,(H,12,13)(H,10,11,14). The highest BCUT2D eigenvalue weighted by molar-refractivity contribution is 6.73. The molecule has 3 amide bonds. The van der Waals surface area contributed by atoms with Crippen molar-refractivity contribution < 1.29 is 19.5 Å². The molecule has 2 heterocycles. The van der Waals surface area contributed by atoms with E-state index in [1.54, 1.807) is 0 Å². The maximum absolute atomic E-state index is 11.1. The molecule has 0 aromatic rings. The molecule has 7 nitrogen and oxygen atoms in total. The van der Waals surface area contributed by atoms with Crippen LogP contribution in [-0.4, -0.2) is 34.4 Å². The Hall–Kier alpha value is -2.31. The first-order chi connectivity index (χ1) is 6.58. The van der Waals surface area contributed by atoms with Gasteiger partial charge >= 0.3 is 12.0 Å². The maximum Gasteiger partial charge on any atom is 0.354 e. The predicted molar refractivity (Wildman–Crippen MR) is 44.1 cm³/mol. The first-order valence-electron chi connectivity index (χ1n) is 3.56. The maximum atomic E-state index is 11.1. The molecular weight excluding hydrogens is 190 g/mol. The third kappa shape index (κ3) is 1.11. The topological polar surface area (TPSA) is 108 Å². The molecule has 2 rings (SSSR count). The zero-order valence-corrected chi connectivity index (χ0v) is 6.64. The van der Waals surface area contributed by atoms with Crippen LogP contribution >= 0.6 is 0 Å². The summed E-state index contributed by atoms with van der Waals surface area (Å²) >= 11 is 0. The first kappa shape index (κ1) is 8.30. The number of aliphatic carboxylic acids is 1. The van der Waals surface area contributed by atoms with Gasteiger partial charge in [-0.1, -0.05) is 0 Å². The molecule has 2 aliphatic heterocycles. The van der Waals surface area contributed by atoms with Crippen LogP contribution in [0.4, 0.5) is 4.79 Å². The number of imide groups is 1. The number of rotatable bonds is 1. The molecule has 0 spiro atoms. The Morgan fingerprint density at radius 1 is 1.36 bits per heavy atom. The fourth-order valence-corrected chi connectivity index (χ4v) is 1.06. The Morgan fingerprint density at radius 3 is 2.71 bits per heavy atom. The highest BCUT2D eigenvalue weighted by Crippen LogP contribution is 2.11. The van der Waals surface area contributed by atoms with Gasteiger partial charge in [0.25, 0.3) is 5.91 Å². The summed E-state index contributed by atoms with van der Waals surface area (Å²) in [5.74, 6) is -2.00. The van der Waals surface area contributed by atoms with Crippen molar-refractivity contribution in [3.8, 4) is 0 Å². The number of carbonyl (C=O) groups is 3. The highest BCUT2D eigenvalue weighted by atomic mass is 16.4. The molecule has 70 valence electrons. The van der Waals surface area contributed by atoms with Crippen molar-refractivity contribution in [1.82, 2.24) is 5.32 Å². The molecule has 0 aromatic heterocycles. The molecule has 2 aliphatic rings. The van der Waals surface area contributed by atoms with Crippen molar-refractivity contribution in [1.29, 1.82) is 0 Å². The Labute approximate surface area is 76.8 Å². The van der Waals surface area contributed by atoms with Crippen LogP contribution in [0.5, 0.6) is 0 Å². The molecule has 0 radical (unpaired) electrons. The monoisotopic (exact) mass is 193 g/mol. The molecule has 14 heavy (non-hydrogen) atoms. The van der Waals surface area contributed by atoms with Gasteiger partial charge in [0.1, 0.15) is 5.71 Å². The van der Waals surface area contributed by atoms with Crippen LogP contribution in [0.25, 0.3) is 0 Å². The first-order valence-corrected chi connectivity index (χ1v) is 3.56. The molecule has 0 saturated heterocycles. The summed E-state index contributed by atoms with van der Waals surface area (Å²) in [6.45, 7) is 0. The minimum Gasteiger partial charge on any atom is -0.477 e. The Kier molecular flexibility index (Phi) is 1.53. The minimum absolute atomic E-state index is 0.00356. The van der Waals surface area contributed by atoms with Gasteiger partial charge in [0.05, 0.1) is 0 Å². The van der Waals surface area contributed by atoms with Crippen LogP contribution in [0.1, 0.15) is 0 Å². The summed E-state index contributed by atoms with van der Waals surface area (Å²) in [4.78, 5) is 39.2. The number of carbonyl (C=O) groups excluding carboxylic acids is 2. The molecule has 0 saturated carbocycles. The number of allylic oxidation sites excluding steroid dienone is 1. The van der Waals surface area contributed by atoms with E-state index in [2.05, 4.69) is 9.98 Å². The van der Waals surface area contributed by atoms with Crippen molar-refractivity contribution >= 4 is 29.3 Å². The number of carboxylic acids is 1. The normalized spacial score (nSPS) is 19.3. The summed E-state index contributed by atoms with van der Waals surface area (Å²) in [5.41, 5.74) is -0.443. The van der Waals surface area contributed by atoms with Crippen molar-refractivity contribution in [2.75, 3.05) is 0 Å². The van der Waals surface area contributed by atoms with Gasteiger partial charge in [-0.25, -0.2) is 14.6 Å². The van der Waals surface area contributed by atoms with E-state index in [-0.39, 0.29) is 17.1 Å². The number of hydrogen-bond acceptors (Lipinski definition) is 4. The van der Waals surface area contributed by atoms with Crippen molar-refractivity contribution in [2.24, 2.45) is 9.98 Å². The van der Waals surface area contributed by atoms with E-state index in [1.165, 1.54) is 0 Å². The average molecular weight is 193 g/mol. The summed E-state index contributed by atoms with van der Waals surface area (Å²) in [5, 5.41) is 10.5. The van der Waals surface area contributed by atoms with Crippen molar-refractivity contribution in [3.05, 3.63) is 11.8 Å². The minimum atomic E-state index is -1.27. The number of hydrogen-bond donors (Lipinski definition) is 2. The molecule has 0 fully saturated rings. The Bertz CT molecular complexity index is 458. The molecule has 0 unspecified atom stereocenters. The second-order valence-corrected chi connectivity index (χ2v) is 2.55. The summed E-state index contributed by atoms with van der Waals surface area (Å²) in [7, 11) is 0. The molecule has 0 bridgehead atoms. The molecule has 2 N–H and O–H groups in total. The molecule has 0 aromatic carbocycles. The third-order valence-electron chi connectivity index (χ3n) is 1.62. The van der Waals surface area contributed by atoms with Gasteiger partial charge in [-0.3, -0.25) is 10.1 Å². The predicted octanol–water partition coefficient (Wildman–Crippen LogP) is -0.900. The van der Waals surface area contributed by atoms with E-state index in [0.29, 0.717) is 0 Å². The number of nitrogens with zero attached hydrogens (tertiary/aromatic N) is 2. The number of fused-ring (bicyclic) bond motifs is 1. The van der Waals surface area contributed by atoms with Crippen LogP contribution in [0.15, 0.2) is 21.8 Å². The van der Waals surface area contributed by atoms with Crippen molar-refractivity contribution in [2.45, 2.75) is 0 Å². The number of nitrogens with one attached hydrogen (secondary N) is 1. The van der Waals surface area contributed by atoms with Crippen LogP contribution in [0.3, 0.4) is 0 Å². The lowest BCUT2D eigenvalue weighted by Crippen LogP contribution is -2.41. The smallest absolute Gasteiger partial charge is 0.354 e. The highest BCUT2D eigenvalue weighted by Gasteiger charge is 2.30. The second kappa shape index (κ2) is 2.59. The zero-order chi connectivity index (χ0) is 10.3. The number of aliphatic imine (C=N–C) groups is 2. The summed E-state index contributed by atoms with van der Waals surface area (Å²) in [6.07, 6.45) is 1.08. The van der Waals surface area contributed by atoms with Crippen LogP contribution in [-0.2, 0) is 9.59 Å². The molecule has 7 heteroatoms. The number of carboxylic acid groups (broad SMARTS) is 1. The van der Waals surface area contributed by atoms with Gasteiger partial charge in [-0.05, 0) is 6.08 Å². The third-order valence-corrected chi connectivity index (χ3v) is 1.62. The molecule has 0 atom stereocenters. The SMILES string of the molecule is O=C1N=C2C=C(C(=O)O)N=C2C(=O)N1. The lowest BCUT2D eigenvalue weighted by atomic mass is 10.2. The Morgan fingerprint density at radius 2 is 2.07 bits per heavy atom. The molecular formula is C7H3N3O4. The van der Waals surface area contributed by atoms with Crippen LogP contribution in [0, 0.1) is 0 Å². The Balaban J connectivity index is 2.49. The van der Waals surface area contributed by atoms with Gasteiger partial charge in [0.2, 0.25) is 0 Å². The van der Waals surface area contributed by atoms with E-state index >= 15 is 0 Å². The van der Waals surface area contributed by atoms with Gasteiger partial charge in [0.15, 0.2) is 11.4 Å². The summed E-state index contributed by atoms with van der Waals surface area (Å²) < 4.78 is 0. The lowest BCUT2D eigenvalue weighted by Gasteiger charge is -2.06. The van der Waals surface area contributed by atoms with E-state index in [0.717, 1.165) is 6.08 Å². The second-order valence-electron chi connectivity index (χ2n) is 2.55. The largest absolute Gasteiger partial charge is 0.477 e. The van der Waals surface area contributed by atoms with E-state index < -0.39 is 17.9 Å². The van der Waals surface area contributed by atoms with E-state index in [9.17, 15) is 14.4 Å². The van der Waals surface area contributed by atoms with Crippen molar-refractivity contribution in [3.63, 3.8) is 0 Å². The number of urea groups is 1. The quantitative estimate of drug-likeness (QED) is 0.562. The van der Waals surface area contributed by atoms with Gasteiger partial charge in [-0.15, -0.1) is 0 Å². The van der Waals surface area contributed by atoms with Gasteiger partial charge < -0.3 is 5.11 Å². The average Bonchev–Trinajstić information content (AvgIpc) is 2.47. The lowest BCUT2D eigenvalue weighted by molar-refractivity contribution is -0.132. The van der Waals surface area contributed by atoms with Gasteiger partial charge in [-0.2, -0.15) is 4.99 Å². The van der Waals surface area contributed by atoms with E-state index in [1.807, 2.05) is 5.32 Å². The number of amides is 3. The van der Waals surface area contributed by atoms with Crippen LogP contribution < -0.4 is 5.32 Å². The molecule has 0 aliphatic carbocycles. The van der Waals surface area contributed by atoms with Crippen LogP contribution in [0.2, 0.25) is 0 Å². The summed E-state index contributed by atoms with van der Waals surface area (Å²) in [6, 6.07) is -0.813. The fraction of sp³-hybridized carbons (Fsp3) is 0. The fourth-order valence-electron chi connectivity index (χ4n) is 1.06.